The molecule has 0 saturated heterocycles. The Hall–Kier alpha value is -3.62. The topological polar surface area (TPSA) is 62.2 Å². The Kier molecular flexibility index (Phi) is 8.07. The van der Waals surface area contributed by atoms with Gasteiger partial charge >= 0.3 is 0 Å². The monoisotopic (exact) mass is 511 g/mol. The van der Waals surface area contributed by atoms with Crippen LogP contribution < -0.4 is 0 Å². The van der Waals surface area contributed by atoms with E-state index in [4.69, 9.17) is 16.3 Å². The molecule has 9 heteroatoms. The van der Waals surface area contributed by atoms with Crippen LogP contribution in [0.25, 0.3) is 0 Å². The highest BCUT2D eigenvalue weighted by atomic mass is 35.5. The number of ether oxygens (including phenoxy) is 1. The maximum atomic E-state index is 14.7. The minimum Gasteiger partial charge on any atom is -0.383 e. The highest BCUT2D eigenvalue weighted by Crippen LogP contribution is 2.34. The predicted molar refractivity (Wildman–Crippen MR) is 133 cm³/mol. The summed E-state index contributed by atoms with van der Waals surface area (Å²) in [5.74, 6) is -1.81. The molecular weight excluding hydrogens is 488 g/mol. The van der Waals surface area contributed by atoms with E-state index >= 15 is 0 Å². The Morgan fingerprint density at radius 3 is 2.44 bits per heavy atom. The van der Waals surface area contributed by atoms with Crippen molar-refractivity contribution in [1.29, 1.82) is 0 Å². The maximum Gasteiger partial charge on any atom is 0.262 e. The number of carbonyl (C=O) groups excluding carboxylic acids is 2. The largest absolute Gasteiger partial charge is 0.383 e. The highest BCUT2D eigenvalue weighted by Gasteiger charge is 2.36. The molecule has 36 heavy (non-hydrogen) atoms. The molecule has 0 aromatic heterocycles. The van der Waals surface area contributed by atoms with Crippen molar-refractivity contribution in [2.24, 2.45) is 5.10 Å². The minimum absolute atomic E-state index is 0.138. The van der Waals surface area contributed by atoms with Crippen LogP contribution in [0.5, 0.6) is 0 Å². The lowest BCUT2D eigenvalue weighted by atomic mass is 9.98. The molecule has 1 aliphatic rings. The van der Waals surface area contributed by atoms with Gasteiger partial charge in [-0.2, -0.15) is 5.10 Å². The van der Waals surface area contributed by atoms with Gasteiger partial charge in [0.15, 0.2) is 0 Å². The number of nitrogens with zero attached hydrogens (tertiary/aromatic N) is 3. The van der Waals surface area contributed by atoms with E-state index in [1.165, 1.54) is 35.2 Å². The van der Waals surface area contributed by atoms with E-state index in [9.17, 15) is 18.4 Å². The average Bonchev–Trinajstić information content (AvgIpc) is 3.32. The van der Waals surface area contributed by atoms with Crippen LogP contribution in [0.1, 0.15) is 33.9 Å². The summed E-state index contributed by atoms with van der Waals surface area (Å²) in [5, 5.41) is 5.95. The fraction of sp³-hybridized carbons (Fsp3) is 0.222. The third kappa shape index (κ3) is 5.61. The Balaban J connectivity index is 1.65. The van der Waals surface area contributed by atoms with Crippen LogP contribution in [0.3, 0.4) is 0 Å². The van der Waals surface area contributed by atoms with Crippen molar-refractivity contribution in [2.75, 3.05) is 26.8 Å². The third-order valence-corrected chi connectivity index (χ3v) is 6.22. The van der Waals surface area contributed by atoms with Crippen LogP contribution in [0.4, 0.5) is 8.78 Å². The molecule has 0 fully saturated rings. The number of amides is 2. The zero-order valence-corrected chi connectivity index (χ0v) is 20.3. The SMILES string of the molecule is COCCN(CC(=O)N1N=C(c2ccc(F)cc2)C[C@@H]1c1ccccc1F)C(=O)c1ccccc1Cl. The van der Waals surface area contributed by atoms with Crippen LogP contribution in [0.15, 0.2) is 77.9 Å². The van der Waals surface area contributed by atoms with E-state index in [0.717, 1.165) is 0 Å². The summed E-state index contributed by atoms with van der Waals surface area (Å²) in [7, 11) is 1.49. The van der Waals surface area contributed by atoms with Gasteiger partial charge in [-0.3, -0.25) is 9.59 Å². The van der Waals surface area contributed by atoms with Crippen molar-refractivity contribution in [3.8, 4) is 0 Å². The van der Waals surface area contributed by atoms with Gasteiger partial charge < -0.3 is 9.64 Å². The second-order valence-electron chi connectivity index (χ2n) is 8.23. The van der Waals surface area contributed by atoms with Gasteiger partial charge in [-0.1, -0.05) is 54.1 Å². The molecular formula is C27H24ClF2N3O3. The fourth-order valence-corrected chi connectivity index (χ4v) is 4.26. The van der Waals surface area contributed by atoms with Crippen LogP contribution in [0.2, 0.25) is 5.02 Å². The zero-order chi connectivity index (χ0) is 25.7. The molecule has 0 bridgehead atoms. The summed E-state index contributed by atoms with van der Waals surface area (Å²) in [6.07, 6.45) is 0.231. The number of hydrogen-bond donors (Lipinski definition) is 0. The van der Waals surface area contributed by atoms with Crippen molar-refractivity contribution in [3.05, 3.63) is 106 Å². The quantitative estimate of drug-likeness (QED) is 0.423. The van der Waals surface area contributed by atoms with E-state index in [0.29, 0.717) is 16.8 Å². The standard InChI is InChI=1S/C27H24ClF2N3O3/c1-36-15-14-32(27(35)20-6-2-4-8-22(20)28)17-26(34)33-25(21-7-3-5-9-23(21)30)16-24(31-33)18-10-12-19(29)13-11-18/h2-13,25H,14-17H2,1H3/t25-/m1/s1. The smallest absolute Gasteiger partial charge is 0.262 e. The van der Waals surface area contributed by atoms with Crippen LogP contribution >= 0.6 is 11.6 Å². The van der Waals surface area contributed by atoms with Crippen LogP contribution in [0, 0.1) is 11.6 Å². The van der Waals surface area contributed by atoms with E-state index in [2.05, 4.69) is 5.10 Å². The predicted octanol–water partition coefficient (Wildman–Crippen LogP) is 5.08. The summed E-state index contributed by atoms with van der Waals surface area (Å²) in [5.41, 5.74) is 1.69. The second-order valence-corrected chi connectivity index (χ2v) is 8.64. The first-order valence-corrected chi connectivity index (χ1v) is 11.7. The first kappa shape index (κ1) is 25.5. The molecule has 3 aromatic carbocycles. The maximum absolute atomic E-state index is 14.7. The zero-order valence-electron chi connectivity index (χ0n) is 19.5. The summed E-state index contributed by atoms with van der Waals surface area (Å²) in [4.78, 5) is 28.1. The Morgan fingerprint density at radius 1 is 1.06 bits per heavy atom. The third-order valence-electron chi connectivity index (χ3n) is 5.89. The normalized spacial score (nSPS) is 15.1. The molecule has 0 saturated carbocycles. The highest BCUT2D eigenvalue weighted by molar-refractivity contribution is 6.33. The molecule has 6 nitrogen and oxygen atoms in total. The first-order chi connectivity index (χ1) is 17.4. The Morgan fingerprint density at radius 2 is 1.75 bits per heavy atom. The fourth-order valence-electron chi connectivity index (χ4n) is 4.04. The molecule has 1 heterocycles. The lowest BCUT2D eigenvalue weighted by molar-refractivity contribution is -0.133. The molecule has 4 rings (SSSR count). The van der Waals surface area contributed by atoms with Gasteiger partial charge in [0, 0.05) is 25.6 Å². The molecule has 0 N–H and O–H groups in total. The van der Waals surface area contributed by atoms with Gasteiger partial charge in [-0.25, -0.2) is 13.8 Å². The lowest BCUT2D eigenvalue weighted by Gasteiger charge is -2.27. The van der Waals surface area contributed by atoms with Crippen LogP contribution in [-0.4, -0.2) is 54.2 Å². The summed E-state index contributed by atoms with van der Waals surface area (Å²) >= 11 is 6.22. The molecule has 2 amide bonds. The Bertz CT molecular complexity index is 1280. The van der Waals surface area contributed by atoms with E-state index < -0.39 is 29.5 Å². The number of benzene rings is 3. The van der Waals surface area contributed by atoms with E-state index in [1.54, 1.807) is 54.6 Å². The van der Waals surface area contributed by atoms with Crippen molar-refractivity contribution < 1.29 is 23.1 Å². The molecule has 0 aliphatic carbocycles. The van der Waals surface area contributed by atoms with E-state index in [-0.39, 0.29) is 36.7 Å². The molecule has 186 valence electrons. The second kappa shape index (κ2) is 11.4. The van der Waals surface area contributed by atoms with Gasteiger partial charge in [-0.15, -0.1) is 0 Å². The van der Waals surface area contributed by atoms with Crippen molar-refractivity contribution in [2.45, 2.75) is 12.5 Å². The number of hydrogen-bond acceptors (Lipinski definition) is 4. The molecule has 3 aromatic rings. The van der Waals surface area contributed by atoms with Crippen molar-refractivity contribution in [1.82, 2.24) is 9.91 Å². The van der Waals surface area contributed by atoms with Gasteiger partial charge in [0.05, 0.1) is 28.9 Å². The number of hydrazone groups is 1. The lowest BCUT2D eigenvalue weighted by Crippen LogP contribution is -2.43. The number of halogens is 3. The van der Waals surface area contributed by atoms with Gasteiger partial charge in [0.25, 0.3) is 11.8 Å². The summed E-state index contributed by atoms with van der Waals surface area (Å²) in [6, 6.07) is 17.7. The number of rotatable bonds is 8. The van der Waals surface area contributed by atoms with Gasteiger partial charge in [-0.05, 0) is 35.9 Å². The van der Waals surface area contributed by atoms with Gasteiger partial charge in [0.1, 0.15) is 18.2 Å². The first-order valence-electron chi connectivity index (χ1n) is 11.3. The molecule has 1 atom stereocenters. The minimum atomic E-state index is -0.724. The molecule has 0 spiro atoms. The van der Waals surface area contributed by atoms with E-state index in [1.807, 2.05) is 0 Å². The van der Waals surface area contributed by atoms with Crippen molar-refractivity contribution >= 4 is 29.1 Å². The molecule has 1 aliphatic heterocycles. The number of carbonyl (C=O) groups is 2. The molecule has 0 unspecified atom stereocenters. The summed E-state index contributed by atoms with van der Waals surface area (Å²) in [6.45, 7) is 0.0158. The number of methoxy groups -OCH3 is 1. The van der Waals surface area contributed by atoms with Crippen LogP contribution in [-0.2, 0) is 9.53 Å². The average molecular weight is 512 g/mol. The Labute approximate surface area is 212 Å². The van der Waals surface area contributed by atoms with Gasteiger partial charge in [0.2, 0.25) is 0 Å². The van der Waals surface area contributed by atoms with Crippen molar-refractivity contribution in [3.63, 3.8) is 0 Å². The molecule has 0 radical (unpaired) electrons. The summed E-state index contributed by atoms with van der Waals surface area (Å²) < 4.78 is 33.3.